The summed E-state index contributed by atoms with van der Waals surface area (Å²) in [5, 5.41) is 0.672. The van der Waals surface area contributed by atoms with Gasteiger partial charge in [-0.3, -0.25) is 4.55 Å². The molecule has 0 saturated heterocycles. The summed E-state index contributed by atoms with van der Waals surface area (Å²) in [7, 11) is -2.24. The molecule has 1 aliphatic rings. The Labute approximate surface area is 160 Å². The van der Waals surface area contributed by atoms with Gasteiger partial charge in [0.15, 0.2) is 0 Å². The van der Waals surface area contributed by atoms with Crippen molar-refractivity contribution in [1.82, 2.24) is 0 Å². The second-order valence-corrected chi connectivity index (χ2v) is 7.21. The van der Waals surface area contributed by atoms with Crippen molar-refractivity contribution < 1.29 is 36.8 Å². The second kappa shape index (κ2) is 7.58. The number of hydrogen-bond donors (Lipinski definition) is 1. The summed E-state index contributed by atoms with van der Waals surface area (Å²) in [5.41, 5.74) is 0.0485. The third-order valence-electron chi connectivity index (χ3n) is 4.25. The minimum absolute atomic E-state index is 0.0676. The summed E-state index contributed by atoms with van der Waals surface area (Å²) in [6.45, 7) is -0.326. The van der Waals surface area contributed by atoms with Crippen LogP contribution >= 0.6 is 0 Å². The number of anilines is 1. The summed E-state index contributed by atoms with van der Waals surface area (Å²) in [4.78, 5) is 25.6. The van der Waals surface area contributed by atoms with Crippen LogP contribution in [0.4, 0.5) is 5.69 Å². The van der Waals surface area contributed by atoms with Gasteiger partial charge >= 0.3 is 11.9 Å². The Hall–Kier alpha value is -2.95. The molecule has 148 valence electrons. The largest absolute Gasteiger partial charge is 0.466 e. The Morgan fingerprint density at radius 2 is 1.71 bits per heavy atom. The molecule has 28 heavy (non-hydrogen) atoms. The first kappa shape index (κ1) is 19.8. The fraction of sp³-hybridized carbons (Fsp3) is 0.222. The highest BCUT2D eigenvalue weighted by Crippen LogP contribution is 2.36. The van der Waals surface area contributed by atoms with E-state index in [0.717, 1.165) is 14.2 Å². The molecule has 1 aliphatic heterocycles. The molecule has 1 N–H and O–H groups in total. The second-order valence-electron chi connectivity index (χ2n) is 5.82. The lowest BCUT2D eigenvalue weighted by atomic mass is 10.1. The van der Waals surface area contributed by atoms with Gasteiger partial charge in [-0.25, -0.2) is 9.59 Å². The number of fused-ring (bicyclic) bond motifs is 1. The molecule has 0 aliphatic carbocycles. The first-order chi connectivity index (χ1) is 13.3. The molecular formula is C18H17NO8S. The molecule has 0 unspecified atom stereocenters. The van der Waals surface area contributed by atoms with E-state index in [9.17, 15) is 22.6 Å². The van der Waals surface area contributed by atoms with Gasteiger partial charge in [0.2, 0.25) is 0 Å². The van der Waals surface area contributed by atoms with Crippen molar-refractivity contribution in [3.8, 4) is 0 Å². The van der Waals surface area contributed by atoms with E-state index in [1.54, 1.807) is 24.3 Å². The molecule has 0 amide bonds. The van der Waals surface area contributed by atoms with Crippen LogP contribution in [-0.2, 0) is 33.9 Å². The van der Waals surface area contributed by atoms with Gasteiger partial charge in [-0.1, -0.05) is 24.3 Å². The van der Waals surface area contributed by atoms with Gasteiger partial charge < -0.3 is 19.1 Å². The summed E-state index contributed by atoms with van der Waals surface area (Å²) >= 11 is 0. The molecule has 0 atom stereocenters. The van der Waals surface area contributed by atoms with Gasteiger partial charge in [-0.15, -0.1) is 0 Å². The maximum Gasteiger partial charge on any atom is 0.355 e. The highest BCUT2D eigenvalue weighted by atomic mass is 32.2. The van der Waals surface area contributed by atoms with E-state index in [1.807, 2.05) is 0 Å². The molecule has 0 fully saturated rings. The number of methoxy groups -OCH3 is 2. The molecule has 2 aromatic carbocycles. The normalized spacial score (nSPS) is 14.9. The first-order valence-electron chi connectivity index (χ1n) is 8.04. The van der Waals surface area contributed by atoms with E-state index in [-0.39, 0.29) is 40.6 Å². The molecular weight excluding hydrogens is 390 g/mol. The van der Waals surface area contributed by atoms with E-state index < -0.39 is 22.1 Å². The lowest BCUT2D eigenvalue weighted by Crippen LogP contribution is -2.39. The number of rotatable bonds is 4. The minimum atomic E-state index is -4.56. The van der Waals surface area contributed by atoms with Crippen molar-refractivity contribution in [3.63, 3.8) is 0 Å². The zero-order chi connectivity index (χ0) is 20.5. The number of nitrogens with zero attached hydrogens (tertiary/aromatic N) is 1. The Morgan fingerprint density at radius 1 is 1.07 bits per heavy atom. The van der Waals surface area contributed by atoms with Gasteiger partial charge in [0.25, 0.3) is 10.1 Å². The van der Waals surface area contributed by atoms with Gasteiger partial charge in [-0.2, -0.15) is 8.42 Å². The van der Waals surface area contributed by atoms with Crippen LogP contribution in [0.2, 0.25) is 0 Å². The average Bonchev–Trinajstić information content (AvgIpc) is 2.70. The van der Waals surface area contributed by atoms with Crippen molar-refractivity contribution in [2.24, 2.45) is 0 Å². The topological polar surface area (TPSA) is 119 Å². The third kappa shape index (κ3) is 3.44. The van der Waals surface area contributed by atoms with Crippen LogP contribution in [0.1, 0.15) is 0 Å². The van der Waals surface area contributed by atoms with Gasteiger partial charge in [0.1, 0.15) is 17.3 Å². The van der Waals surface area contributed by atoms with Crippen LogP contribution < -0.4 is 4.90 Å². The Morgan fingerprint density at radius 3 is 2.32 bits per heavy atom. The van der Waals surface area contributed by atoms with Gasteiger partial charge in [0.05, 0.1) is 32.1 Å². The summed E-state index contributed by atoms with van der Waals surface area (Å²) in [6, 6.07) is 9.23. The molecule has 0 aromatic heterocycles. The van der Waals surface area contributed by atoms with Crippen LogP contribution in [0.3, 0.4) is 0 Å². The number of benzene rings is 2. The molecule has 2 aromatic rings. The highest BCUT2D eigenvalue weighted by Gasteiger charge is 2.33. The zero-order valence-corrected chi connectivity index (χ0v) is 15.9. The number of esters is 2. The van der Waals surface area contributed by atoms with Crippen LogP contribution in [0.25, 0.3) is 10.8 Å². The quantitative estimate of drug-likeness (QED) is 0.593. The van der Waals surface area contributed by atoms with Crippen LogP contribution in [-0.4, -0.2) is 52.5 Å². The summed E-state index contributed by atoms with van der Waals surface area (Å²) in [6.07, 6.45) is 0. The minimum Gasteiger partial charge on any atom is -0.466 e. The first-order valence-corrected chi connectivity index (χ1v) is 9.48. The van der Waals surface area contributed by atoms with E-state index in [4.69, 9.17) is 14.2 Å². The Kier molecular flexibility index (Phi) is 5.36. The fourth-order valence-corrected chi connectivity index (χ4v) is 3.79. The lowest BCUT2D eigenvalue weighted by Gasteiger charge is -2.32. The van der Waals surface area contributed by atoms with Crippen molar-refractivity contribution in [1.29, 1.82) is 0 Å². The van der Waals surface area contributed by atoms with E-state index in [0.29, 0.717) is 5.39 Å². The molecule has 9 nitrogen and oxygen atoms in total. The van der Waals surface area contributed by atoms with Crippen LogP contribution in [0.15, 0.2) is 52.6 Å². The van der Waals surface area contributed by atoms with E-state index in [2.05, 4.69) is 0 Å². The lowest BCUT2D eigenvalue weighted by molar-refractivity contribution is -0.140. The summed E-state index contributed by atoms with van der Waals surface area (Å²) < 4.78 is 48.4. The summed E-state index contributed by atoms with van der Waals surface area (Å²) in [5.74, 6) is -1.59. The molecule has 1 heterocycles. The van der Waals surface area contributed by atoms with Crippen molar-refractivity contribution in [2.75, 3.05) is 32.5 Å². The van der Waals surface area contributed by atoms with E-state index >= 15 is 0 Å². The standard InChI is InChI=1S/C18H17NO8S/c1-25-17(20)12-9-27-10-19(16(12)18(21)26-2)13-7-3-5-11-6-4-8-14(15(11)13)28(22,23)24/h3-8H,9-10H2,1-2H3,(H,22,23,24). The third-order valence-corrected chi connectivity index (χ3v) is 5.14. The maximum absolute atomic E-state index is 12.4. The maximum atomic E-state index is 12.4. The number of carbonyl (C=O) groups excluding carboxylic acids is 2. The molecule has 0 saturated carbocycles. The average molecular weight is 407 g/mol. The Balaban J connectivity index is 2.35. The monoisotopic (exact) mass is 407 g/mol. The Bertz CT molecular complexity index is 1080. The molecule has 10 heteroatoms. The van der Waals surface area contributed by atoms with Crippen molar-refractivity contribution in [3.05, 3.63) is 47.7 Å². The van der Waals surface area contributed by atoms with Gasteiger partial charge in [-0.05, 0) is 17.5 Å². The molecule has 0 bridgehead atoms. The van der Waals surface area contributed by atoms with E-state index in [1.165, 1.54) is 17.0 Å². The predicted octanol–water partition coefficient (Wildman–Crippen LogP) is 1.48. The van der Waals surface area contributed by atoms with Crippen molar-refractivity contribution in [2.45, 2.75) is 4.90 Å². The predicted molar refractivity (Wildman–Crippen MR) is 98.1 cm³/mol. The SMILES string of the molecule is COC(=O)C1=C(C(=O)OC)N(c2cccc3cccc(S(=O)(=O)O)c23)COC1. The zero-order valence-electron chi connectivity index (χ0n) is 15.0. The van der Waals surface area contributed by atoms with Crippen LogP contribution in [0.5, 0.6) is 0 Å². The fourth-order valence-electron chi connectivity index (χ4n) is 3.06. The smallest absolute Gasteiger partial charge is 0.355 e. The molecule has 3 rings (SSSR count). The number of hydrogen-bond acceptors (Lipinski definition) is 8. The van der Waals surface area contributed by atoms with Crippen molar-refractivity contribution >= 4 is 38.5 Å². The molecule has 0 radical (unpaired) electrons. The molecule has 0 spiro atoms. The number of carbonyl (C=O) groups is 2. The van der Waals surface area contributed by atoms with Crippen LogP contribution in [0, 0.1) is 0 Å². The highest BCUT2D eigenvalue weighted by molar-refractivity contribution is 7.86. The van der Waals surface area contributed by atoms with Gasteiger partial charge in [0, 0.05) is 5.39 Å². The number of ether oxygens (including phenoxy) is 3.